The van der Waals surface area contributed by atoms with Crippen LogP contribution in [0.5, 0.6) is 0 Å². The van der Waals surface area contributed by atoms with Gasteiger partial charge in [-0.25, -0.2) is 14.7 Å². The highest BCUT2D eigenvalue weighted by molar-refractivity contribution is 6.02. The number of methoxy groups -OCH3 is 2. The van der Waals surface area contributed by atoms with Crippen molar-refractivity contribution in [3.8, 4) is 0 Å². The van der Waals surface area contributed by atoms with Crippen molar-refractivity contribution in [3.05, 3.63) is 77.4 Å². The van der Waals surface area contributed by atoms with Crippen LogP contribution in [0.2, 0.25) is 0 Å². The van der Waals surface area contributed by atoms with Crippen LogP contribution in [0, 0.1) is 17.8 Å². The van der Waals surface area contributed by atoms with Gasteiger partial charge in [0.25, 0.3) is 0 Å². The topological polar surface area (TPSA) is 65.1 Å². The molecule has 1 saturated carbocycles. The summed E-state index contributed by atoms with van der Waals surface area (Å²) in [7, 11) is 2.69. The molecular formula is C24H23NO5. The van der Waals surface area contributed by atoms with E-state index in [0.29, 0.717) is 17.6 Å². The molecule has 5 atom stereocenters. The first-order valence-corrected chi connectivity index (χ1v) is 10.1. The number of ether oxygens (including phenoxy) is 2. The molecule has 30 heavy (non-hydrogen) atoms. The van der Waals surface area contributed by atoms with Gasteiger partial charge in [0.1, 0.15) is 0 Å². The summed E-state index contributed by atoms with van der Waals surface area (Å²) in [5.74, 6) is -1.22. The van der Waals surface area contributed by atoms with Gasteiger partial charge in [-0.1, -0.05) is 48.5 Å². The number of carbonyl (C=O) groups excluding carboxylic acids is 2. The van der Waals surface area contributed by atoms with Crippen LogP contribution in [0.15, 0.2) is 71.8 Å². The molecule has 0 amide bonds. The van der Waals surface area contributed by atoms with Gasteiger partial charge in [-0.05, 0) is 24.1 Å². The molecule has 5 unspecified atom stereocenters. The van der Waals surface area contributed by atoms with Crippen molar-refractivity contribution in [2.45, 2.75) is 18.6 Å². The standard InChI is InChI=1S/C24H23NO5/c1-28-23(26)18-16-13-17(19(18)24(27)29-2)22-20(16)21(14-9-5-3-6-10-14)25(30-22)15-11-7-4-8-12-15/h3-12,16-17,20-22H,13H2,1-2H3. The Morgan fingerprint density at radius 3 is 2.03 bits per heavy atom. The maximum Gasteiger partial charge on any atom is 0.334 e. The van der Waals surface area contributed by atoms with E-state index in [9.17, 15) is 9.59 Å². The molecule has 154 valence electrons. The van der Waals surface area contributed by atoms with Crippen LogP contribution in [0.1, 0.15) is 18.0 Å². The third-order valence-electron chi connectivity index (χ3n) is 6.60. The maximum atomic E-state index is 12.7. The van der Waals surface area contributed by atoms with Crippen LogP contribution in [0.3, 0.4) is 0 Å². The summed E-state index contributed by atoms with van der Waals surface area (Å²) in [5, 5.41) is 1.94. The molecular weight excluding hydrogens is 382 g/mol. The summed E-state index contributed by atoms with van der Waals surface area (Å²) >= 11 is 0. The molecule has 1 heterocycles. The van der Waals surface area contributed by atoms with Crippen molar-refractivity contribution in [2.75, 3.05) is 19.3 Å². The zero-order valence-electron chi connectivity index (χ0n) is 16.9. The lowest BCUT2D eigenvalue weighted by molar-refractivity contribution is -0.140. The summed E-state index contributed by atoms with van der Waals surface area (Å²) in [5.41, 5.74) is 2.93. The summed E-state index contributed by atoms with van der Waals surface area (Å²) in [4.78, 5) is 31.7. The van der Waals surface area contributed by atoms with Crippen molar-refractivity contribution in [3.63, 3.8) is 0 Å². The Kier molecular flexibility index (Phi) is 4.59. The van der Waals surface area contributed by atoms with Crippen molar-refractivity contribution < 1.29 is 23.9 Å². The SMILES string of the molecule is COC(=O)C1=C(C(=O)OC)C2CC1C1ON(c3ccccc3)C(c3ccccc3)C21. The summed E-state index contributed by atoms with van der Waals surface area (Å²) < 4.78 is 10.1. The Labute approximate surface area is 175 Å². The van der Waals surface area contributed by atoms with Crippen LogP contribution in [0.4, 0.5) is 5.69 Å². The second-order valence-corrected chi connectivity index (χ2v) is 7.92. The fourth-order valence-corrected chi connectivity index (χ4v) is 5.50. The summed E-state index contributed by atoms with van der Waals surface area (Å²) in [6, 6.07) is 20.0. The highest BCUT2D eigenvalue weighted by Crippen LogP contribution is 2.62. The predicted octanol–water partition coefficient (Wildman–Crippen LogP) is 3.46. The number of nitrogens with zero attached hydrogens (tertiary/aromatic N) is 1. The number of hydroxylamine groups is 1. The normalized spacial score (nSPS) is 29.1. The van der Waals surface area contributed by atoms with Crippen LogP contribution in [0.25, 0.3) is 0 Å². The molecule has 2 aromatic carbocycles. The molecule has 0 radical (unpaired) electrons. The number of anilines is 1. The Bertz CT molecular complexity index is 1000. The largest absolute Gasteiger partial charge is 0.466 e. The number of carbonyl (C=O) groups is 2. The smallest absolute Gasteiger partial charge is 0.334 e. The van der Waals surface area contributed by atoms with Gasteiger partial charge >= 0.3 is 11.9 Å². The second kappa shape index (κ2) is 7.29. The van der Waals surface area contributed by atoms with E-state index < -0.39 is 11.9 Å². The lowest BCUT2D eigenvalue weighted by Gasteiger charge is -2.30. The molecule has 2 fully saturated rings. The fourth-order valence-electron chi connectivity index (χ4n) is 5.50. The van der Waals surface area contributed by atoms with Crippen LogP contribution >= 0.6 is 0 Å². The number of rotatable bonds is 4. The summed E-state index contributed by atoms with van der Waals surface area (Å²) in [6.07, 6.45) is 0.485. The van der Waals surface area contributed by atoms with Crippen LogP contribution in [-0.2, 0) is 23.9 Å². The minimum Gasteiger partial charge on any atom is -0.466 e. The number of esters is 2. The quantitative estimate of drug-likeness (QED) is 0.726. The predicted molar refractivity (Wildman–Crippen MR) is 109 cm³/mol. The van der Waals surface area contributed by atoms with E-state index in [1.54, 1.807) is 0 Å². The Morgan fingerprint density at radius 2 is 1.43 bits per heavy atom. The number of para-hydroxylation sites is 1. The molecule has 5 rings (SSSR count). The number of benzene rings is 2. The van der Waals surface area contributed by atoms with E-state index in [0.717, 1.165) is 11.3 Å². The first kappa shape index (κ1) is 18.9. The van der Waals surface area contributed by atoms with E-state index in [1.807, 2.05) is 53.6 Å². The molecule has 0 spiro atoms. The van der Waals surface area contributed by atoms with Gasteiger partial charge in [0, 0.05) is 17.8 Å². The van der Waals surface area contributed by atoms with E-state index >= 15 is 0 Å². The van der Waals surface area contributed by atoms with Gasteiger partial charge in [0.15, 0.2) is 0 Å². The third-order valence-corrected chi connectivity index (χ3v) is 6.60. The van der Waals surface area contributed by atoms with Gasteiger partial charge in [0.05, 0.1) is 43.2 Å². The molecule has 6 nitrogen and oxygen atoms in total. The van der Waals surface area contributed by atoms with Gasteiger partial charge in [-0.3, -0.25) is 4.84 Å². The first-order valence-electron chi connectivity index (χ1n) is 10.1. The van der Waals surface area contributed by atoms with Gasteiger partial charge < -0.3 is 9.47 Å². The number of hydrogen-bond donors (Lipinski definition) is 0. The molecule has 1 aliphatic heterocycles. The Morgan fingerprint density at radius 1 is 0.867 bits per heavy atom. The summed E-state index contributed by atoms with van der Waals surface area (Å²) in [6.45, 7) is 0. The average Bonchev–Trinajstić information content (AvgIpc) is 3.48. The first-order chi connectivity index (χ1) is 14.7. The van der Waals surface area contributed by atoms with Crippen molar-refractivity contribution in [2.24, 2.45) is 17.8 Å². The zero-order chi connectivity index (χ0) is 20.8. The van der Waals surface area contributed by atoms with Crippen molar-refractivity contribution in [1.82, 2.24) is 0 Å². The average molecular weight is 405 g/mol. The molecule has 0 aromatic heterocycles. The minimum absolute atomic E-state index is 0.0279. The van der Waals surface area contributed by atoms with Crippen molar-refractivity contribution in [1.29, 1.82) is 0 Å². The third kappa shape index (κ3) is 2.67. The Hall–Kier alpha value is -3.12. The molecule has 2 aromatic rings. The fraction of sp³-hybridized carbons (Fsp3) is 0.333. The number of fused-ring (bicyclic) bond motifs is 5. The van der Waals surface area contributed by atoms with Gasteiger partial charge in [-0.2, -0.15) is 0 Å². The van der Waals surface area contributed by atoms with Crippen molar-refractivity contribution >= 4 is 17.6 Å². The highest BCUT2D eigenvalue weighted by Gasteiger charge is 2.64. The van der Waals surface area contributed by atoms with Crippen LogP contribution in [-0.4, -0.2) is 32.3 Å². The lowest BCUT2D eigenvalue weighted by Crippen LogP contribution is -2.34. The number of hydrogen-bond acceptors (Lipinski definition) is 6. The molecule has 2 bridgehead atoms. The molecule has 0 N–H and O–H groups in total. The maximum absolute atomic E-state index is 12.7. The molecule has 1 saturated heterocycles. The Balaban J connectivity index is 1.62. The second-order valence-electron chi connectivity index (χ2n) is 7.92. The molecule has 6 heteroatoms. The molecule has 2 aliphatic carbocycles. The zero-order valence-corrected chi connectivity index (χ0v) is 16.9. The monoisotopic (exact) mass is 405 g/mol. The lowest BCUT2D eigenvalue weighted by atomic mass is 9.76. The minimum atomic E-state index is -0.473. The van der Waals surface area contributed by atoms with Gasteiger partial charge in [0.2, 0.25) is 0 Å². The molecule has 3 aliphatic rings. The van der Waals surface area contributed by atoms with E-state index in [-0.39, 0.29) is 29.9 Å². The van der Waals surface area contributed by atoms with Crippen LogP contribution < -0.4 is 5.06 Å². The highest BCUT2D eigenvalue weighted by atomic mass is 16.7. The van der Waals surface area contributed by atoms with E-state index in [2.05, 4.69) is 12.1 Å². The van der Waals surface area contributed by atoms with E-state index in [4.69, 9.17) is 14.3 Å². The van der Waals surface area contributed by atoms with E-state index in [1.165, 1.54) is 14.2 Å². The van der Waals surface area contributed by atoms with Gasteiger partial charge in [-0.15, -0.1) is 0 Å².